The molecule has 0 aliphatic carbocycles. The van der Waals surface area contributed by atoms with Crippen molar-refractivity contribution in [2.45, 2.75) is 0 Å². The fourth-order valence-corrected chi connectivity index (χ4v) is 10.1. The van der Waals surface area contributed by atoms with Crippen molar-refractivity contribution in [2.24, 2.45) is 0 Å². The number of fused-ring (bicyclic) bond motifs is 9. The zero-order chi connectivity index (χ0) is 51.4. The van der Waals surface area contributed by atoms with Crippen molar-refractivity contribution < 1.29 is 8.83 Å². The van der Waals surface area contributed by atoms with Crippen LogP contribution in [0, 0.1) is 0 Å². The number of rotatable bonds is 5. The molecule has 8 aromatic carbocycles. The molecule has 0 saturated carbocycles. The van der Waals surface area contributed by atoms with Gasteiger partial charge in [0.05, 0.1) is 22.1 Å². The molecule has 0 unspecified atom stereocenters. The van der Waals surface area contributed by atoms with E-state index in [0.717, 1.165) is 38.3 Å². The summed E-state index contributed by atoms with van der Waals surface area (Å²) in [6.07, 6.45) is 0. The number of hydrogen-bond acceptors (Lipinski definition) is 5. The van der Waals surface area contributed by atoms with E-state index in [1.165, 1.54) is 0 Å². The van der Waals surface area contributed by atoms with Gasteiger partial charge in [0.1, 0.15) is 148 Å². The molecule has 6 nitrogen and oxygen atoms in total. The monoisotopic (exact) mass is 890 g/mol. The number of hydrogen-bond donors (Lipinski definition) is 0. The van der Waals surface area contributed by atoms with Gasteiger partial charge in [-0.05, 0) is 53.0 Å². The van der Waals surface area contributed by atoms with Gasteiger partial charge in [0.2, 0.25) is 0 Å². The SMILES string of the molecule is [B]c1c([B])c([B])c(-c2c([B])c([B])c([B])c(-c3nc(-c4ccc5c(c4)oc4cccc(-n6c7ccccc7c7ccccc76)c45)nc(-c4c([B])c([B])c5c(oc6c([B])c([B])c([B])c([B])c65)c4[B])n3)c2[B])c([B])c1[B]. The van der Waals surface area contributed by atoms with Crippen LogP contribution in [0.1, 0.15) is 0 Å². The average Bonchev–Trinajstić information content (AvgIpc) is 4.09. The highest BCUT2D eigenvalue weighted by Gasteiger charge is 2.27. The van der Waals surface area contributed by atoms with Crippen LogP contribution in [0.15, 0.2) is 93.8 Å². The Morgan fingerprint density at radius 2 is 0.767 bits per heavy atom. The van der Waals surface area contributed by atoms with Crippen molar-refractivity contribution in [2.75, 3.05) is 0 Å². The molecule has 4 aromatic heterocycles. The minimum Gasteiger partial charge on any atom is -0.457 e. The van der Waals surface area contributed by atoms with Crippen molar-refractivity contribution in [3.63, 3.8) is 0 Å². The molecule has 12 aromatic rings. The number of nitrogens with zero attached hydrogens (tertiary/aromatic N) is 4. The normalized spacial score (nSPS) is 11.9. The van der Waals surface area contributed by atoms with E-state index in [0.29, 0.717) is 16.7 Å². The fourth-order valence-electron chi connectivity index (χ4n) is 10.1. The molecule has 0 fully saturated rings. The maximum atomic E-state index is 7.08. The second-order valence-electron chi connectivity index (χ2n) is 17.8. The van der Waals surface area contributed by atoms with Gasteiger partial charge in [-0.25, -0.2) is 15.0 Å². The van der Waals surface area contributed by atoms with Gasteiger partial charge in [-0.1, -0.05) is 97.7 Å². The molecule has 32 radical (unpaired) electrons. The lowest BCUT2D eigenvalue weighted by atomic mass is 9.56. The molecular weight excluding hydrogens is 874 g/mol. The summed E-state index contributed by atoms with van der Waals surface area (Å²) in [7, 11) is 105. The molecule has 0 saturated heterocycles. The molecule has 0 aliphatic heterocycles. The van der Waals surface area contributed by atoms with E-state index in [9.17, 15) is 0 Å². The summed E-state index contributed by atoms with van der Waals surface area (Å²) in [6.45, 7) is 0. The van der Waals surface area contributed by atoms with E-state index >= 15 is 0 Å². The van der Waals surface area contributed by atoms with Gasteiger partial charge in [-0.15, -0.1) is 32.8 Å². The maximum Gasteiger partial charge on any atom is 0.164 e. The van der Waals surface area contributed by atoms with Crippen LogP contribution in [0.2, 0.25) is 0 Å². The van der Waals surface area contributed by atoms with Gasteiger partial charge >= 0.3 is 0 Å². The van der Waals surface area contributed by atoms with Gasteiger partial charge in [0.15, 0.2) is 17.5 Å². The van der Waals surface area contributed by atoms with Crippen LogP contribution in [0.5, 0.6) is 0 Å². The molecule has 0 amide bonds. The van der Waals surface area contributed by atoms with Crippen LogP contribution >= 0.6 is 0 Å². The quantitative estimate of drug-likeness (QED) is 0.162. The van der Waals surface area contributed by atoms with E-state index in [2.05, 4.69) is 34.9 Å². The molecule has 298 valence electrons. The lowest BCUT2D eigenvalue weighted by molar-refractivity contribution is 0.669. The Morgan fingerprint density at radius 1 is 0.315 bits per heavy atom. The summed E-state index contributed by atoms with van der Waals surface area (Å²) in [5.41, 5.74) is 3.98. The van der Waals surface area contributed by atoms with E-state index in [1.807, 2.05) is 48.5 Å². The van der Waals surface area contributed by atoms with Gasteiger partial charge in [0, 0.05) is 43.6 Å². The second-order valence-corrected chi connectivity index (χ2v) is 17.8. The zero-order valence-electron chi connectivity index (χ0n) is 38.4. The highest BCUT2D eigenvalue weighted by atomic mass is 16.3. The molecule has 22 heteroatoms. The van der Waals surface area contributed by atoms with Crippen molar-refractivity contribution in [1.29, 1.82) is 0 Å². The van der Waals surface area contributed by atoms with Crippen molar-refractivity contribution in [3.05, 3.63) is 84.9 Å². The third-order valence-corrected chi connectivity index (χ3v) is 13.9. The number of para-hydroxylation sites is 2. The molecular formula is C51H14B16N4O2. The summed E-state index contributed by atoms with van der Waals surface area (Å²) < 4.78 is 15.2. The van der Waals surface area contributed by atoms with Crippen LogP contribution < -0.4 is 87.4 Å². The largest absolute Gasteiger partial charge is 0.457 e. The third kappa shape index (κ3) is 6.63. The first-order valence-corrected chi connectivity index (χ1v) is 22.3. The minimum absolute atomic E-state index is 0.00988. The Morgan fingerprint density at radius 3 is 1.38 bits per heavy atom. The lowest BCUT2D eigenvalue weighted by Crippen LogP contribution is -2.57. The maximum absolute atomic E-state index is 7.08. The van der Waals surface area contributed by atoms with Crippen LogP contribution in [0.25, 0.3) is 117 Å². The van der Waals surface area contributed by atoms with Crippen molar-refractivity contribution >= 4 is 279 Å². The van der Waals surface area contributed by atoms with Gasteiger partial charge in [-0.3, -0.25) is 0 Å². The van der Waals surface area contributed by atoms with Crippen LogP contribution in [-0.2, 0) is 0 Å². The third-order valence-electron chi connectivity index (χ3n) is 13.9. The van der Waals surface area contributed by atoms with Crippen LogP contribution in [0.3, 0.4) is 0 Å². The Balaban J connectivity index is 1.14. The lowest BCUT2D eigenvalue weighted by Gasteiger charge is -2.28. The first kappa shape index (κ1) is 47.2. The fraction of sp³-hybridized carbons (Fsp3) is 0. The van der Waals surface area contributed by atoms with Crippen LogP contribution in [-0.4, -0.2) is 145 Å². The number of furan rings is 2. The molecule has 0 spiro atoms. The summed E-state index contributed by atoms with van der Waals surface area (Å²) in [5, 5.41) is 4.40. The van der Waals surface area contributed by atoms with Gasteiger partial charge in [0.25, 0.3) is 0 Å². The van der Waals surface area contributed by atoms with Crippen molar-refractivity contribution in [1.82, 2.24) is 19.5 Å². The highest BCUT2D eigenvalue weighted by molar-refractivity contribution is 6.72. The predicted octanol–water partition coefficient (Wildman–Crippen LogP) is -5.86. The molecule has 12 rings (SSSR count). The molecule has 0 bridgehead atoms. The summed E-state index contributed by atoms with van der Waals surface area (Å²) in [5.74, 6) is -0.180. The Hall–Kier alpha value is -6.79. The van der Waals surface area contributed by atoms with Crippen molar-refractivity contribution in [3.8, 4) is 51.0 Å². The van der Waals surface area contributed by atoms with E-state index < -0.39 is 0 Å². The standard InChI is InChI=1S/C51H14B16N4O2/c52-31-25(26-33(54)41(62)44(65)42(63)34(26)55)32(53)40(61)38(59)29(31)50-68-49(69-51(70-50)30-37(58)35(56)27-28-36(57)43(64)45(66)46(67)48(28)73-47(27)39(30)60)15-12-13-18-23(14-15)72-22-11-5-10-21(24(18)22)71-19-8-3-1-6-16(19)17-7-2-4-9-20(17)71/h1-14H. The first-order chi connectivity index (χ1) is 34.9. The van der Waals surface area contributed by atoms with Crippen LogP contribution in [0.4, 0.5) is 0 Å². The number of aromatic nitrogens is 4. The Kier molecular flexibility index (Phi) is 10.9. The van der Waals surface area contributed by atoms with Gasteiger partial charge < -0.3 is 13.4 Å². The number of benzene rings is 8. The Bertz CT molecular complexity index is 4410. The highest BCUT2D eigenvalue weighted by Crippen LogP contribution is 2.40. The zero-order valence-corrected chi connectivity index (χ0v) is 38.4. The van der Waals surface area contributed by atoms with Gasteiger partial charge in [-0.2, -0.15) is 0 Å². The summed E-state index contributed by atoms with van der Waals surface area (Å²) in [4.78, 5) is 14.9. The summed E-state index contributed by atoms with van der Waals surface area (Å²) >= 11 is 0. The topological polar surface area (TPSA) is 69.9 Å². The average molecular weight is 888 g/mol. The molecule has 73 heavy (non-hydrogen) atoms. The smallest absolute Gasteiger partial charge is 0.164 e. The second kappa shape index (κ2) is 16.9. The first-order valence-electron chi connectivity index (χ1n) is 22.3. The van der Waals surface area contributed by atoms with E-state index in [1.54, 1.807) is 6.07 Å². The molecule has 0 N–H and O–H groups in total. The molecule has 4 heterocycles. The minimum atomic E-state index is -0.133. The Labute approximate surface area is 440 Å². The van der Waals surface area contributed by atoms with E-state index in [-0.39, 0.29) is 149 Å². The predicted molar refractivity (Wildman–Crippen MR) is 317 cm³/mol. The molecule has 0 atom stereocenters. The summed E-state index contributed by atoms with van der Waals surface area (Å²) in [6, 6.07) is 28.0. The molecule has 0 aliphatic rings. The van der Waals surface area contributed by atoms with E-state index in [4.69, 9.17) is 149 Å².